The number of nitrogens with zero attached hydrogens (tertiary/aromatic N) is 2. The van der Waals surface area contributed by atoms with Gasteiger partial charge in [-0.3, -0.25) is 0 Å². The van der Waals surface area contributed by atoms with Crippen molar-refractivity contribution in [3.8, 4) is 0 Å². The standard InChI is InChI=1S/C11H19N3/c1-4-6-7-12-11-10(5-2)8-13-9(3)14-11/h8H,4-7H2,1-3H3,(H,12,13,14). The second kappa shape index (κ2) is 5.58. The van der Waals surface area contributed by atoms with Gasteiger partial charge in [-0.15, -0.1) is 0 Å². The molecule has 0 amide bonds. The fraction of sp³-hybridized carbons (Fsp3) is 0.636. The van der Waals surface area contributed by atoms with Crippen molar-refractivity contribution in [1.82, 2.24) is 9.97 Å². The molecule has 0 unspecified atom stereocenters. The van der Waals surface area contributed by atoms with Crippen molar-refractivity contribution in [2.75, 3.05) is 11.9 Å². The van der Waals surface area contributed by atoms with Gasteiger partial charge in [0.15, 0.2) is 0 Å². The summed E-state index contributed by atoms with van der Waals surface area (Å²) in [6, 6.07) is 0. The Balaban J connectivity index is 2.67. The quantitative estimate of drug-likeness (QED) is 0.730. The Hall–Kier alpha value is -1.12. The lowest BCUT2D eigenvalue weighted by Gasteiger charge is -2.09. The van der Waals surface area contributed by atoms with Crippen LogP contribution in [-0.4, -0.2) is 16.5 Å². The van der Waals surface area contributed by atoms with E-state index < -0.39 is 0 Å². The van der Waals surface area contributed by atoms with Crippen LogP contribution in [0.1, 0.15) is 38.1 Å². The number of hydrogen-bond donors (Lipinski definition) is 1. The van der Waals surface area contributed by atoms with Gasteiger partial charge in [-0.2, -0.15) is 0 Å². The van der Waals surface area contributed by atoms with E-state index in [1.54, 1.807) is 0 Å². The molecule has 1 aromatic rings. The molecule has 1 N–H and O–H groups in total. The molecule has 1 heterocycles. The maximum Gasteiger partial charge on any atom is 0.132 e. The smallest absolute Gasteiger partial charge is 0.132 e. The van der Waals surface area contributed by atoms with Crippen molar-refractivity contribution in [1.29, 1.82) is 0 Å². The second-order valence-corrected chi connectivity index (χ2v) is 3.42. The molecule has 3 heteroatoms. The Bertz CT molecular complexity index is 284. The SMILES string of the molecule is CCCCNc1nc(C)ncc1CC. The molecule has 14 heavy (non-hydrogen) atoms. The van der Waals surface area contributed by atoms with Crippen LogP contribution in [-0.2, 0) is 6.42 Å². The summed E-state index contributed by atoms with van der Waals surface area (Å²) in [5.41, 5.74) is 1.20. The first-order valence-electron chi connectivity index (χ1n) is 5.34. The summed E-state index contributed by atoms with van der Waals surface area (Å²) in [5.74, 6) is 1.84. The van der Waals surface area contributed by atoms with Gasteiger partial charge in [-0.25, -0.2) is 9.97 Å². The maximum atomic E-state index is 4.39. The molecule has 0 saturated heterocycles. The third-order valence-electron chi connectivity index (χ3n) is 2.19. The molecular formula is C11H19N3. The molecule has 0 aliphatic heterocycles. The number of hydrogen-bond acceptors (Lipinski definition) is 3. The topological polar surface area (TPSA) is 37.8 Å². The maximum absolute atomic E-state index is 4.39. The van der Waals surface area contributed by atoms with Crippen molar-refractivity contribution in [3.63, 3.8) is 0 Å². The minimum Gasteiger partial charge on any atom is -0.370 e. The molecule has 0 aromatic carbocycles. The first-order chi connectivity index (χ1) is 6.77. The lowest BCUT2D eigenvalue weighted by molar-refractivity contribution is 0.825. The van der Waals surface area contributed by atoms with Crippen LogP contribution in [0.5, 0.6) is 0 Å². The highest BCUT2D eigenvalue weighted by Crippen LogP contribution is 2.11. The molecular weight excluding hydrogens is 174 g/mol. The zero-order valence-corrected chi connectivity index (χ0v) is 9.30. The summed E-state index contributed by atoms with van der Waals surface area (Å²) in [4.78, 5) is 8.58. The summed E-state index contributed by atoms with van der Waals surface area (Å²) < 4.78 is 0. The van der Waals surface area contributed by atoms with Gasteiger partial charge in [-0.1, -0.05) is 20.3 Å². The first-order valence-corrected chi connectivity index (χ1v) is 5.34. The zero-order chi connectivity index (χ0) is 10.4. The van der Waals surface area contributed by atoms with Gasteiger partial charge in [0.1, 0.15) is 11.6 Å². The molecule has 0 fully saturated rings. The molecule has 1 aromatic heterocycles. The summed E-state index contributed by atoms with van der Waals surface area (Å²) in [7, 11) is 0. The predicted molar refractivity (Wildman–Crippen MR) is 59.5 cm³/mol. The van der Waals surface area contributed by atoms with E-state index in [9.17, 15) is 0 Å². The zero-order valence-electron chi connectivity index (χ0n) is 9.30. The number of nitrogens with one attached hydrogen (secondary N) is 1. The highest BCUT2D eigenvalue weighted by atomic mass is 15.0. The van der Waals surface area contributed by atoms with Crippen LogP contribution in [0, 0.1) is 6.92 Å². The summed E-state index contributed by atoms with van der Waals surface area (Å²) in [5, 5.41) is 3.35. The summed E-state index contributed by atoms with van der Waals surface area (Å²) in [6.45, 7) is 7.23. The van der Waals surface area contributed by atoms with E-state index >= 15 is 0 Å². The largest absolute Gasteiger partial charge is 0.370 e. The van der Waals surface area contributed by atoms with E-state index in [2.05, 4.69) is 29.1 Å². The average molecular weight is 193 g/mol. The van der Waals surface area contributed by atoms with Gasteiger partial charge < -0.3 is 5.32 Å². The molecule has 0 radical (unpaired) electrons. The highest BCUT2D eigenvalue weighted by Gasteiger charge is 2.02. The van der Waals surface area contributed by atoms with E-state index in [0.29, 0.717) is 0 Å². The highest BCUT2D eigenvalue weighted by molar-refractivity contribution is 5.42. The van der Waals surface area contributed by atoms with E-state index in [-0.39, 0.29) is 0 Å². The fourth-order valence-electron chi connectivity index (χ4n) is 1.29. The van der Waals surface area contributed by atoms with Crippen molar-refractivity contribution in [2.45, 2.75) is 40.0 Å². The number of unbranched alkanes of at least 4 members (excludes halogenated alkanes) is 1. The lowest BCUT2D eigenvalue weighted by atomic mass is 10.2. The van der Waals surface area contributed by atoms with Crippen molar-refractivity contribution < 1.29 is 0 Å². The van der Waals surface area contributed by atoms with Gasteiger partial charge in [0.2, 0.25) is 0 Å². The molecule has 78 valence electrons. The van der Waals surface area contributed by atoms with Crippen LogP contribution in [0.4, 0.5) is 5.82 Å². The lowest BCUT2D eigenvalue weighted by Crippen LogP contribution is -2.07. The molecule has 0 aliphatic carbocycles. The number of anilines is 1. The van der Waals surface area contributed by atoms with E-state index in [1.807, 2.05) is 13.1 Å². The van der Waals surface area contributed by atoms with Crippen LogP contribution in [0.3, 0.4) is 0 Å². The van der Waals surface area contributed by atoms with Gasteiger partial charge in [0, 0.05) is 18.3 Å². The first kappa shape index (κ1) is 11.0. The number of rotatable bonds is 5. The Morgan fingerprint density at radius 2 is 2.14 bits per heavy atom. The normalized spacial score (nSPS) is 10.2. The van der Waals surface area contributed by atoms with Crippen molar-refractivity contribution >= 4 is 5.82 Å². The number of aryl methyl sites for hydroxylation is 2. The minimum absolute atomic E-state index is 0.834. The van der Waals surface area contributed by atoms with Crippen molar-refractivity contribution in [2.24, 2.45) is 0 Å². The van der Waals surface area contributed by atoms with Crippen LogP contribution in [0.15, 0.2) is 6.20 Å². The van der Waals surface area contributed by atoms with Crippen LogP contribution in [0.2, 0.25) is 0 Å². The van der Waals surface area contributed by atoms with Crippen molar-refractivity contribution in [3.05, 3.63) is 17.6 Å². The second-order valence-electron chi connectivity index (χ2n) is 3.42. The van der Waals surface area contributed by atoms with Crippen LogP contribution in [0.25, 0.3) is 0 Å². The Labute approximate surface area is 86.0 Å². The molecule has 1 rings (SSSR count). The molecule has 0 bridgehead atoms. The van der Waals surface area contributed by atoms with Gasteiger partial charge in [-0.05, 0) is 19.8 Å². The van der Waals surface area contributed by atoms with E-state index in [4.69, 9.17) is 0 Å². The molecule has 0 spiro atoms. The fourth-order valence-corrected chi connectivity index (χ4v) is 1.29. The predicted octanol–water partition coefficient (Wildman–Crippen LogP) is 2.56. The molecule has 0 saturated carbocycles. The molecule has 3 nitrogen and oxygen atoms in total. The average Bonchev–Trinajstić information content (AvgIpc) is 2.19. The number of aromatic nitrogens is 2. The Morgan fingerprint density at radius 3 is 2.79 bits per heavy atom. The monoisotopic (exact) mass is 193 g/mol. The van der Waals surface area contributed by atoms with E-state index in [1.165, 1.54) is 18.4 Å². The Kier molecular flexibility index (Phi) is 4.36. The third-order valence-corrected chi connectivity index (χ3v) is 2.19. The van der Waals surface area contributed by atoms with Gasteiger partial charge in [0.05, 0.1) is 0 Å². The van der Waals surface area contributed by atoms with E-state index in [0.717, 1.165) is 24.6 Å². The summed E-state index contributed by atoms with van der Waals surface area (Å²) in [6.07, 6.45) is 5.29. The third kappa shape index (κ3) is 2.98. The Morgan fingerprint density at radius 1 is 1.36 bits per heavy atom. The van der Waals surface area contributed by atoms with Crippen LogP contribution >= 0.6 is 0 Å². The minimum atomic E-state index is 0.834. The van der Waals surface area contributed by atoms with Crippen LogP contribution < -0.4 is 5.32 Å². The molecule has 0 atom stereocenters. The summed E-state index contributed by atoms with van der Waals surface area (Å²) >= 11 is 0. The van der Waals surface area contributed by atoms with Gasteiger partial charge in [0.25, 0.3) is 0 Å². The molecule has 0 aliphatic rings. The van der Waals surface area contributed by atoms with Gasteiger partial charge >= 0.3 is 0 Å².